The highest BCUT2D eigenvalue weighted by molar-refractivity contribution is 5.89. The molecule has 0 aromatic carbocycles. The van der Waals surface area contributed by atoms with Crippen LogP contribution in [0.15, 0.2) is 0 Å². The van der Waals surface area contributed by atoms with Crippen molar-refractivity contribution in [1.82, 2.24) is 31.1 Å². The van der Waals surface area contributed by atoms with Crippen LogP contribution in [0.5, 0.6) is 0 Å². The number of esters is 4. The highest BCUT2D eigenvalue weighted by atomic mass is 16.6. The standard InChI is InChI=1S/C95H178N6O19/c1-6-11-15-19-23-27-31-35-39-43-47-56-91(107)117-75-68-100(69-76-118-92(108)57-48-44-40-36-32-28-24-20-16-12-7-2)89(105)62-60-86(102)96-65-52-51-55-85(95(111)98-67-54-73-114-82-84-116-83-81-113-72-53-66-97-87(103)64-74-115-80-79-112-10-5)99-88(104)61-63-90(106)101(70-77-119-93(109)58-49-45-41-37-33-29-25-21-17-13-8-3)71-78-120-94(110)59-50-46-42-38-34-30-26-22-18-14-9-4/h85H,6-84H2,1-5H3,(H,96,102)(H,97,103)(H,98,111)(H,99,104)/t85-/m0/s1. The van der Waals surface area contributed by atoms with Crippen molar-refractivity contribution in [3.8, 4) is 0 Å². The first kappa shape index (κ1) is 114. The molecule has 25 nitrogen and oxygen atoms in total. The summed E-state index contributed by atoms with van der Waals surface area (Å²) in [7, 11) is 0. The van der Waals surface area contributed by atoms with E-state index in [2.05, 4.69) is 49.0 Å². The molecule has 0 aliphatic carbocycles. The molecule has 120 heavy (non-hydrogen) atoms. The van der Waals surface area contributed by atoms with E-state index in [1.54, 1.807) is 0 Å². The molecule has 0 aromatic rings. The van der Waals surface area contributed by atoms with Crippen LogP contribution in [0, 0.1) is 0 Å². The fourth-order valence-corrected chi connectivity index (χ4v) is 14.0. The molecule has 0 spiro atoms. The van der Waals surface area contributed by atoms with E-state index in [4.69, 9.17) is 42.6 Å². The fourth-order valence-electron chi connectivity index (χ4n) is 14.0. The molecule has 6 amide bonds. The van der Waals surface area contributed by atoms with Gasteiger partial charge in [0.15, 0.2) is 0 Å². The minimum absolute atomic E-state index is 0.0270. The first-order chi connectivity index (χ1) is 58.7. The van der Waals surface area contributed by atoms with Gasteiger partial charge in [-0.2, -0.15) is 0 Å². The Hall–Kier alpha value is -5.50. The van der Waals surface area contributed by atoms with Crippen molar-refractivity contribution in [2.45, 2.75) is 413 Å². The summed E-state index contributed by atoms with van der Waals surface area (Å²) < 4.78 is 50.0. The second-order valence-electron chi connectivity index (χ2n) is 32.5. The van der Waals surface area contributed by atoms with Crippen LogP contribution in [0.25, 0.3) is 0 Å². The van der Waals surface area contributed by atoms with Crippen molar-refractivity contribution in [2.75, 3.05) is 138 Å². The smallest absolute Gasteiger partial charge is 0.305 e. The largest absolute Gasteiger partial charge is 0.464 e. The monoisotopic (exact) mass is 1710 g/mol. The summed E-state index contributed by atoms with van der Waals surface area (Å²) in [5.74, 6) is -3.50. The Morgan fingerprint density at radius 2 is 0.500 bits per heavy atom. The van der Waals surface area contributed by atoms with Gasteiger partial charge in [-0.15, -0.1) is 0 Å². The number of hydrogen-bond donors (Lipinski definition) is 4. The molecule has 0 aromatic heterocycles. The molecule has 0 heterocycles. The first-order valence-electron chi connectivity index (χ1n) is 48.9. The average Bonchev–Trinajstić information content (AvgIpc) is 0.922. The van der Waals surface area contributed by atoms with E-state index in [-0.39, 0.29) is 159 Å². The van der Waals surface area contributed by atoms with E-state index >= 15 is 0 Å². The molecule has 0 saturated heterocycles. The molecule has 1 atom stereocenters. The summed E-state index contributed by atoms with van der Waals surface area (Å²) in [4.78, 5) is 135. The lowest BCUT2D eigenvalue weighted by Gasteiger charge is -2.23. The lowest BCUT2D eigenvalue weighted by Crippen LogP contribution is -2.47. The first-order valence-corrected chi connectivity index (χ1v) is 48.9. The van der Waals surface area contributed by atoms with Gasteiger partial charge in [-0.1, -0.05) is 285 Å². The maximum Gasteiger partial charge on any atom is 0.305 e. The topological polar surface area (TPSA) is 308 Å². The van der Waals surface area contributed by atoms with Gasteiger partial charge in [0.05, 0.1) is 72.4 Å². The second-order valence-corrected chi connectivity index (χ2v) is 32.5. The van der Waals surface area contributed by atoms with Crippen LogP contribution in [-0.4, -0.2) is 213 Å². The molecule has 0 radical (unpaired) electrons. The molecule has 0 aliphatic heterocycles. The van der Waals surface area contributed by atoms with E-state index in [9.17, 15) is 47.9 Å². The van der Waals surface area contributed by atoms with Gasteiger partial charge in [0.25, 0.3) is 0 Å². The van der Waals surface area contributed by atoms with E-state index < -0.39 is 23.8 Å². The van der Waals surface area contributed by atoms with E-state index in [1.165, 1.54) is 190 Å². The highest BCUT2D eigenvalue weighted by Crippen LogP contribution is 2.18. The zero-order valence-electron chi connectivity index (χ0n) is 77.1. The number of hydrogen-bond acceptors (Lipinski definition) is 19. The molecule has 4 N–H and O–H groups in total. The van der Waals surface area contributed by atoms with Crippen molar-refractivity contribution in [1.29, 1.82) is 0 Å². The normalized spacial score (nSPS) is 11.5. The average molecular weight is 1710 g/mol. The van der Waals surface area contributed by atoms with Crippen LogP contribution in [0.3, 0.4) is 0 Å². The Kier molecular flexibility index (Phi) is 87.0. The molecule has 0 rings (SSSR count). The van der Waals surface area contributed by atoms with Crippen molar-refractivity contribution in [3.05, 3.63) is 0 Å². The van der Waals surface area contributed by atoms with E-state index in [0.717, 1.165) is 103 Å². The zero-order chi connectivity index (χ0) is 87.6. The Morgan fingerprint density at radius 3 is 0.825 bits per heavy atom. The van der Waals surface area contributed by atoms with Gasteiger partial charge >= 0.3 is 23.9 Å². The van der Waals surface area contributed by atoms with Gasteiger partial charge < -0.3 is 73.7 Å². The molecule has 702 valence electrons. The van der Waals surface area contributed by atoms with Gasteiger partial charge in [0.2, 0.25) is 35.4 Å². The van der Waals surface area contributed by atoms with Crippen LogP contribution < -0.4 is 21.3 Å². The van der Waals surface area contributed by atoms with Gasteiger partial charge in [-0.25, -0.2) is 0 Å². The molecule has 0 fully saturated rings. The predicted molar refractivity (Wildman–Crippen MR) is 478 cm³/mol. The number of carbonyl (C=O) groups excluding carboxylic acids is 10. The molecule has 0 unspecified atom stereocenters. The van der Waals surface area contributed by atoms with Gasteiger partial charge in [0.1, 0.15) is 32.5 Å². The Balaban J connectivity index is 5.86. The maximum absolute atomic E-state index is 14.0. The number of rotatable bonds is 94. The van der Waals surface area contributed by atoms with E-state index in [1.807, 2.05) is 6.92 Å². The number of carbonyl (C=O) groups is 10. The Bertz CT molecular complexity index is 2340. The zero-order valence-corrected chi connectivity index (χ0v) is 77.1. The van der Waals surface area contributed by atoms with Crippen molar-refractivity contribution >= 4 is 59.3 Å². The van der Waals surface area contributed by atoms with Crippen molar-refractivity contribution < 1.29 is 90.6 Å². The van der Waals surface area contributed by atoms with Gasteiger partial charge in [0, 0.05) is 97.2 Å². The molecule has 0 bridgehead atoms. The minimum Gasteiger partial charge on any atom is -0.464 e. The number of ether oxygens (including phenoxy) is 9. The van der Waals surface area contributed by atoms with Crippen LogP contribution in [0.1, 0.15) is 407 Å². The molecule has 0 saturated carbocycles. The number of nitrogens with zero attached hydrogens (tertiary/aromatic N) is 2. The number of unbranched alkanes of at least 4 members (excludes halogenated alkanes) is 41. The summed E-state index contributed by atoms with van der Waals surface area (Å²) >= 11 is 0. The van der Waals surface area contributed by atoms with Crippen molar-refractivity contribution in [3.63, 3.8) is 0 Å². The summed E-state index contributed by atoms with van der Waals surface area (Å²) in [6, 6.07) is -0.994. The molecular formula is C95H178N6O19. The Morgan fingerprint density at radius 1 is 0.233 bits per heavy atom. The number of nitrogens with one attached hydrogen (secondary N) is 4. The summed E-state index contributed by atoms with van der Waals surface area (Å²) in [5.41, 5.74) is 0. The van der Waals surface area contributed by atoms with Crippen LogP contribution in [0.4, 0.5) is 0 Å². The van der Waals surface area contributed by atoms with Crippen molar-refractivity contribution in [2.24, 2.45) is 0 Å². The summed E-state index contributed by atoms with van der Waals surface area (Å²) in [6.45, 7) is 16.0. The number of amides is 6. The maximum atomic E-state index is 14.0. The lowest BCUT2D eigenvalue weighted by atomic mass is 10.1. The molecule has 0 aliphatic rings. The summed E-state index contributed by atoms with van der Waals surface area (Å²) in [6.07, 6.45) is 53.9. The van der Waals surface area contributed by atoms with E-state index in [0.29, 0.717) is 111 Å². The van der Waals surface area contributed by atoms with Crippen LogP contribution in [0.2, 0.25) is 0 Å². The quantitative estimate of drug-likeness (QED) is 0.0250. The third-order valence-electron chi connectivity index (χ3n) is 21.5. The third kappa shape index (κ3) is 82.1. The van der Waals surface area contributed by atoms with Gasteiger partial charge in [-0.05, 0) is 64.7 Å². The third-order valence-corrected chi connectivity index (χ3v) is 21.5. The van der Waals surface area contributed by atoms with Crippen LogP contribution in [-0.2, 0) is 90.6 Å². The van der Waals surface area contributed by atoms with Crippen LogP contribution >= 0.6 is 0 Å². The Labute approximate surface area is 728 Å². The second kappa shape index (κ2) is 91.2. The van der Waals surface area contributed by atoms with Gasteiger partial charge in [-0.3, -0.25) is 47.9 Å². The SMILES string of the molecule is CCCCCCCCCCCCCC(=O)OCCN(CCOC(=O)CCCCCCCCCCCCC)C(=O)CCC(=O)NCCCC[C@H](NC(=O)CCC(=O)N(CCOC(=O)CCCCCCCCCCCCC)CCOC(=O)CCCCCCCCCCCCC)C(=O)NCCCOCCOCCOCCCNC(=O)CCOCCOCC. The summed E-state index contributed by atoms with van der Waals surface area (Å²) in [5, 5.41) is 11.5. The lowest BCUT2D eigenvalue weighted by molar-refractivity contribution is -0.148. The fraction of sp³-hybridized carbons (Fsp3) is 0.895. The highest BCUT2D eigenvalue weighted by Gasteiger charge is 2.24. The predicted octanol–water partition coefficient (Wildman–Crippen LogP) is 18.5. The minimum atomic E-state index is -0.994. The molecule has 25 heteroatoms. The molecular weight excluding hydrogens is 1530 g/mol.